The summed E-state index contributed by atoms with van der Waals surface area (Å²) < 4.78 is 25.1. The molecule has 0 amide bonds. The molecule has 0 fully saturated rings. The van der Waals surface area contributed by atoms with Gasteiger partial charge in [-0.3, -0.25) is 4.21 Å². The Kier molecular flexibility index (Phi) is 5.25. The van der Waals surface area contributed by atoms with E-state index in [-0.39, 0.29) is 11.1 Å². The van der Waals surface area contributed by atoms with Crippen LogP contribution >= 0.6 is 11.6 Å². The second-order valence-corrected chi connectivity index (χ2v) is 5.90. The fourth-order valence-corrected chi connectivity index (χ4v) is 3.45. The summed E-state index contributed by atoms with van der Waals surface area (Å²) in [6, 6.07) is 5.96. The topological polar surface area (TPSA) is 54.9 Å². The number of hydrogen-bond donors (Lipinski definition) is 1. The molecule has 112 valence electrons. The van der Waals surface area contributed by atoms with Gasteiger partial charge in [0.25, 0.3) is 0 Å². The maximum Gasteiger partial charge on any atom is 0.224 e. The summed E-state index contributed by atoms with van der Waals surface area (Å²) in [6.07, 6.45) is 0.613. The van der Waals surface area contributed by atoms with Crippen molar-refractivity contribution in [2.75, 3.05) is 11.1 Å². The average molecular weight is 328 g/mol. The molecule has 1 atom stereocenters. The van der Waals surface area contributed by atoms with Crippen LogP contribution in [0.3, 0.4) is 0 Å². The molecule has 2 heterocycles. The molecule has 1 unspecified atom stereocenters. The third-order valence-corrected chi connectivity index (χ3v) is 4.38. The Hall–Kier alpha value is -1.53. The van der Waals surface area contributed by atoms with E-state index >= 15 is 0 Å². The zero-order chi connectivity index (χ0) is 15.4. The number of benzene rings is 1. The summed E-state index contributed by atoms with van der Waals surface area (Å²) in [4.78, 5) is 8.68. The third kappa shape index (κ3) is 3.57. The fraction of sp³-hybridized carbons (Fsp3) is 0.286. The molecular formula is C14H15ClFN3OS. The largest absolute Gasteiger partial charge is 0.339 e. The monoisotopic (exact) mass is 327 g/mol. The van der Waals surface area contributed by atoms with Crippen LogP contribution in [0.1, 0.15) is 19.5 Å². The molecule has 0 radical (unpaired) electrons. The van der Waals surface area contributed by atoms with Crippen LogP contribution in [0.25, 0.3) is 0 Å². The number of anilines is 2. The van der Waals surface area contributed by atoms with Gasteiger partial charge in [0.2, 0.25) is 5.28 Å². The Morgan fingerprint density at radius 3 is 2.81 bits per heavy atom. The number of nitrogens with one attached hydrogen (secondary N) is 1. The van der Waals surface area contributed by atoms with Crippen LogP contribution in [0.5, 0.6) is 0 Å². The second kappa shape index (κ2) is 6.95. The van der Waals surface area contributed by atoms with Crippen LogP contribution in [-0.2, 0) is 17.2 Å². The molecule has 3 rings (SSSR count). The molecule has 1 aromatic heterocycles. The molecule has 21 heavy (non-hydrogen) atoms. The zero-order valence-corrected chi connectivity index (χ0v) is 13.3. The molecule has 4 nitrogen and oxygen atoms in total. The van der Waals surface area contributed by atoms with Gasteiger partial charge in [-0.25, -0.2) is 9.37 Å². The summed E-state index contributed by atoms with van der Waals surface area (Å²) >= 11 is 5.84. The predicted octanol–water partition coefficient (Wildman–Crippen LogP) is 3.70. The lowest BCUT2D eigenvalue weighted by Gasteiger charge is -2.09. The Morgan fingerprint density at radius 1 is 1.33 bits per heavy atom. The van der Waals surface area contributed by atoms with Crippen molar-refractivity contribution in [2.24, 2.45) is 0 Å². The first kappa shape index (κ1) is 15.9. The van der Waals surface area contributed by atoms with Gasteiger partial charge in [-0.2, -0.15) is 4.98 Å². The number of nitrogens with zero attached hydrogens (tertiary/aromatic N) is 2. The summed E-state index contributed by atoms with van der Waals surface area (Å²) in [7, 11) is -1.14. The first-order valence-corrected chi connectivity index (χ1v) is 8.30. The highest BCUT2D eigenvalue weighted by Gasteiger charge is 2.25. The maximum atomic E-state index is 13.1. The number of aromatic nitrogens is 2. The van der Waals surface area contributed by atoms with Gasteiger partial charge in [-0.1, -0.05) is 19.9 Å². The van der Waals surface area contributed by atoms with Crippen molar-refractivity contribution in [3.63, 3.8) is 0 Å². The first-order chi connectivity index (χ1) is 10.1. The molecule has 1 aliphatic heterocycles. The van der Waals surface area contributed by atoms with Crippen molar-refractivity contribution in [3.8, 4) is 0 Å². The maximum absolute atomic E-state index is 13.1. The van der Waals surface area contributed by atoms with Crippen LogP contribution in [-0.4, -0.2) is 19.9 Å². The van der Waals surface area contributed by atoms with E-state index in [4.69, 9.17) is 11.6 Å². The first-order valence-electron chi connectivity index (χ1n) is 6.61. The van der Waals surface area contributed by atoms with Crippen molar-refractivity contribution < 1.29 is 8.60 Å². The van der Waals surface area contributed by atoms with Crippen LogP contribution in [0.4, 0.5) is 15.9 Å². The molecule has 1 N–H and O–H groups in total. The van der Waals surface area contributed by atoms with Gasteiger partial charge in [-0.05, 0) is 29.8 Å². The van der Waals surface area contributed by atoms with Gasteiger partial charge >= 0.3 is 0 Å². The van der Waals surface area contributed by atoms with Crippen molar-refractivity contribution in [3.05, 3.63) is 41.1 Å². The second-order valence-electron chi connectivity index (χ2n) is 4.05. The summed E-state index contributed by atoms with van der Waals surface area (Å²) in [5.41, 5.74) is 1.22. The van der Waals surface area contributed by atoms with E-state index in [2.05, 4.69) is 15.3 Å². The van der Waals surface area contributed by atoms with Gasteiger partial charge < -0.3 is 5.32 Å². The minimum atomic E-state index is -1.14. The van der Waals surface area contributed by atoms with E-state index in [0.29, 0.717) is 34.3 Å². The number of rotatable bonds is 2. The highest BCUT2D eigenvalue weighted by molar-refractivity contribution is 7.85. The fourth-order valence-electron chi connectivity index (χ4n) is 1.95. The minimum absolute atomic E-state index is 0.0940. The molecule has 7 heteroatoms. The van der Waals surface area contributed by atoms with Crippen molar-refractivity contribution >= 4 is 33.9 Å². The molecule has 0 saturated heterocycles. The highest BCUT2D eigenvalue weighted by atomic mass is 35.5. The van der Waals surface area contributed by atoms with E-state index in [1.54, 1.807) is 12.1 Å². The van der Waals surface area contributed by atoms with Gasteiger partial charge in [0.15, 0.2) is 5.82 Å². The normalized spacial score (nSPS) is 15.9. The van der Waals surface area contributed by atoms with Gasteiger partial charge in [-0.15, -0.1) is 0 Å². The Morgan fingerprint density at radius 2 is 2.10 bits per heavy atom. The Bertz CT molecular complexity index is 681. The lowest BCUT2D eigenvalue weighted by atomic mass is 10.3. The summed E-state index contributed by atoms with van der Waals surface area (Å²) in [5, 5.41) is 3.04. The van der Waals surface area contributed by atoms with Crippen LogP contribution in [0.2, 0.25) is 5.28 Å². The zero-order valence-electron chi connectivity index (χ0n) is 11.7. The smallest absolute Gasteiger partial charge is 0.224 e. The van der Waals surface area contributed by atoms with Gasteiger partial charge in [0.1, 0.15) is 10.7 Å². The standard InChI is InChI=1S/C12H9ClFN3OS.C2H6/c13-12-16-9-4-5-19(18)10(9)11(17-12)15-8-3-1-2-7(14)6-8;1-2/h1-3,6H,4-5H2,(H,15,16,17);1-2H3. The minimum Gasteiger partial charge on any atom is -0.339 e. The van der Waals surface area contributed by atoms with E-state index in [1.807, 2.05) is 13.8 Å². The van der Waals surface area contributed by atoms with Crippen LogP contribution < -0.4 is 5.32 Å². The van der Waals surface area contributed by atoms with Crippen molar-refractivity contribution in [1.29, 1.82) is 0 Å². The van der Waals surface area contributed by atoms with E-state index < -0.39 is 10.8 Å². The summed E-state index contributed by atoms with van der Waals surface area (Å²) in [5.74, 6) is 0.543. The molecular weight excluding hydrogens is 313 g/mol. The van der Waals surface area contributed by atoms with E-state index in [9.17, 15) is 8.60 Å². The van der Waals surface area contributed by atoms with Crippen LogP contribution in [0, 0.1) is 5.82 Å². The summed E-state index contributed by atoms with van der Waals surface area (Å²) in [6.45, 7) is 4.00. The number of hydrogen-bond acceptors (Lipinski definition) is 4. The lowest BCUT2D eigenvalue weighted by molar-refractivity contribution is 0.628. The average Bonchev–Trinajstić information content (AvgIpc) is 2.82. The molecule has 1 aromatic carbocycles. The Balaban J connectivity index is 0.000000774. The number of fused-ring (bicyclic) bond motifs is 1. The lowest BCUT2D eigenvalue weighted by Crippen LogP contribution is -2.02. The number of halogens is 2. The SMILES string of the molecule is CC.O=S1CCc2nc(Cl)nc(Nc3cccc(F)c3)c21. The predicted molar refractivity (Wildman–Crippen MR) is 83.1 cm³/mol. The third-order valence-electron chi connectivity index (χ3n) is 2.75. The van der Waals surface area contributed by atoms with Gasteiger partial charge in [0, 0.05) is 17.9 Å². The van der Waals surface area contributed by atoms with E-state index in [1.165, 1.54) is 12.1 Å². The molecule has 0 bridgehead atoms. The Labute approximate surface area is 130 Å². The molecule has 0 aliphatic carbocycles. The quantitative estimate of drug-likeness (QED) is 0.854. The molecule has 0 saturated carbocycles. The van der Waals surface area contributed by atoms with Crippen molar-refractivity contribution in [2.45, 2.75) is 25.2 Å². The van der Waals surface area contributed by atoms with Crippen molar-refractivity contribution in [1.82, 2.24) is 9.97 Å². The highest BCUT2D eigenvalue weighted by Crippen LogP contribution is 2.30. The van der Waals surface area contributed by atoms with E-state index in [0.717, 1.165) is 0 Å². The van der Waals surface area contributed by atoms with Crippen LogP contribution in [0.15, 0.2) is 29.2 Å². The molecule has 1 aliphatic rings. The molecule has 2 aromatic rings. The number of aryl methyl sites for hydroxylation is 1. The molecule has 0 spiro atoms. The van der Waals surface area contributed by atoms with Gasteiger partial charge in [0.05, 0.1) is 16.5 Å².